The van der Waals surface area contributed by atoms with Crippen molar-refractivity contribution in [3.05, 3.63) is 36.3 Å². The van der Waals surface area contributed by atoms with Crippen LogP contribution in [0.25, 0.3) is 5.57 Å². The number of rotatable bonds is 6. The minimum atomic E-state index is 0.0823. The van der Waals surface area contributed by atoms with E-state index >= 15 is 0 Å². The number of hydrogen-bond donors (Lipinski definition) is 4. The van der Waals surface area contributed by atoms with Crippen molar-refractivity contribution in [3.8, 4) is 6.07 Å². The summed E-state index contributed by atoms with van der Waals surface area (Å²) in [6.45, 7) is 0.585. The first-order chi connectivity index (χ1) is 9.83. The number of aromatic amines is 1. The average Bonchev–Trinajstić information content (AvgIpc) is 3.01. The molecule has 0 radical (unpaired) electrons. The fourth-order valence-corrected chi connectivity index (χ4v) is 1.46. The van der Waals surface area contributed by atoms with Crippen LogP contribution in [0.3, 0.4) is 0 Å². The van der Waals surface area contributed by atoms with E-state index in [0.717, 1.165) is 11.4 Å². The van der Waals surface area contributed by atoms with Crippen LogP contribution in [-0.2, 0) is 0 Å². The van der Waals surface area contributed by atoms with Crippen LogP contribution < -0.4 is 10.6 Å². The number of hydrogen-bond acceptors (Lipinski definition) is 7. The number of aliphatic hydroxyl groups is 1. The smallest absolute Gasteiger partial charge is 0.216 e. The minimum absolute atomic E-state index is 0.0823. The van der Waals surface area contributed by atoms with Crippen LogP contribution in [0, 0.1) is 11.3 Å². The first kappa shape index (κ1) is 13.5. The molecule has 0 bridgehead atoms. The molecule has 0 spiro atoms. The van der Waals surface area contributed by atoms with E-state index in [2.05, 4.69) is 31.3 Å². The van der Waals surface area contributed by atoms with E-state index in [9.17, 15) is 0 Å². The molecule has 0 fully saturated rings. The molecule has 8 heteroatoms. The molecular weight excluding hydrogens is 258 g/mol. The molecular formula is C12H13N7O. The van der Waals surface area contributed by atoms with Crippen LogP contribution in [0.5, 0.6) is 0 Å². The molecule has 0 aliphatic rings. The highest BCUT2D eigenvalue weighted by Crippen LogP contribution is 2.14. The Morgan fingerprint density at radius 2 is 2.10 bits per heavy atom. The summed E-state index contributed by atoms with van der Waals surface area (Å²) in [5, 5.41) is 36.9. The van der Waals surface area contributed by atoms with Gasteiger partial charge in [0.2, 0.25) is 5.82 Å². The van der Waals surface area contributed by atoms with Gasteiger partial charge in [0, 0.05) is 24.1 Å². The lowest BCUT2D eigenvalue weighted by atomic mass is 10.2. The van der Waals surface area contributed by atoms with Crippen molar-refractivity contribution >= 4 is 16.9 Å². The van der Waals surface area contributed by atoms with Gasteiger partial charge < -0.3 is 15.7 Å². The molecule has 0 aliphatic carbocycles. The van der Waals surface area contributed by atoms with Crippen LogP contribution in [0.4, 0.5) is 11.4 Å². The van der Waals surface area contributed by atoms with Crippen molar-refractivity contribution in [3.63, 3.8) is 0 Å². The molecule has 20 heavy (non-hydrogen) atoms. The van der Waals surface area contributed by atoms with Gasteiger partial charge in [-0.1, -0.05) is 0 Å². The van der Waals surface area contributed by atoms with Crippen molar-refractivity contribution in [2.45, 2.75) is 0 Å². The summed E-state index contributed by atoms with van der Waals surface area (Å²) in [6.07, 6.45) is 1.51. The van der Waals surface area contributed by atoms with Crippen LogP contribution in [0.1, 0.15) is 5.82 Å². The lowest BCUT2D eigenvalue weighted by molar-refractivity contribution is 0.311. The van der Waals surface area contributed by atoms with E-state index in [1.807, 2.05) is 30.3 Å². The zero-order valence-electron chi connectivity index (χ0n) is 10.5. The molecule has 2 rings (SSSR count). The summed E-state index contributed by atoms with van der Waals surface area (Å²) in [5.41, 5.74) is 2.00. The van der Waals surface area contributed by atoms with Gasteiger partial charge in [-0.25, -0.2) is 0 Å². The van der Waals surface area contributed by atoms with Gasteiger partial charge in [-0.05, 0) is 29.5 Å². The average molecular weight is 271 g/mol. The van der Waals surface area contributed by atoms with E-state index < -0.39 is 0 Å². The lowest BCUT2D eigenvalue weighted by Gasteiger charge is -2.06. The van der Waals surface area contributed by atoms with Crippen molar-refractivity contribution in [2.24, 2.45) is 0 Å². The number of aromatic nitrogens is 4. The van der Waals surface area contributed by atoms with E-state index in [4.69, 9.17) is 10.4 Å². The number of H-pyrrole nitrogens is 1. The first-order valence-electron chi connectivity index (χ1n) is 5.89. The number of aliphatic hydroxyl groups excluding tert-OH is 1. The van der Waals surface area contributed by atoms with Gasteiger partial charge in [-0.15, -0.1) is 10.2 Å². The molecule has 0 atom stereocenters. The maximum absolute atomic E-state index is 9.00. The normalized spacial score (nSPS) is 10.9. The molecule has 0 unspecified atom stereocenters. The third-order valence-electron chi connectivity index (χ3n) is 2.42. The summed E-state index contributed by atoms with van der Waals surface area (Å²) in [7, 11) is 0. The highest BCUT2D eigenvalue weighted by Gasteiger charge is 2.04. The van der Waals surface area contributed by atoms with Crippen LogP contribution in [-0.4, -0.2) is 38.9 Å². The van der Waals surface area contributed by atoms with Gasteiger partial charge in [0.1, 0.15) is 11.6 Å². The van der Waals surface area contributed by atoms with Crippen LogP contribution in [0.15, 0.2) is 30.5 Å². The summed E-state index contributed by atoms with van der Waals surface area (Å²) in [6, 6.07) is 9.42. The second-order valence-corrected chi connectivity index (χ2v) is 3.78. The topological polar surface area (TPSA) is 123 Å². The fourth-order valence-electron chi connectivity index (χ4n) is 1.46. The quantitative estimate of drug-likeness (QED) is 0.567. The molecule has 102 valence electrons. The second-order valence-electron chi connectivity index (χ2n) is 3.78. The Labute approximate surface area is 115 Å². The highest BCUT2D eigenvalue weighted by atomic mass is 16.3. The number of benzene rings is 1. The molecule has 1 heterocycles. The van der Waals surface area contributed by atoms with Crippen molar-refractivity contribution < 1.29 is 5.11 Å². The van der Waals surface area contributed by atoms with Gasteiger partial charge in [0.15, 0.2) is 0 Å². The Morgan fingerprint density at radius 1 is 1.35 bits per heavy atom. The largest absolute Gasteiger partial charge is 0.395 e. The van der Waals surface area contributed by atoms with Crippen molar-refractivity contribution in [1.29, 1.82) is 5.26 Å². The zero-order valence-corrected chi connectivity index (χ0v) is 10.5. The molecule has 0 aliphatic heterocycles. The number of anilines is 2. The summed E-state index contributed by atoms with van der Waals surface area (Å²) in [4.78, 5) is 0. The molecule has 2 aromatic rings. The first-order valence-corrected chi connectivity index (χ1v) is 5.89. The van der Waals surface area contributed by atoms with E-state index in [0.29, 0.717) is 6.54 Å². The predicted molar refractivity (Wildman–Crippen MR) is 73.4 cm³/mol. The van der Waals surface area contributed by atoms with E-state index in [1.165, 1.54) is 6.20 Å². The highest BCUT2D eigenvalue weighted by molar-refractivity contribution is 5.74. The summed E-state index contributed by atoms with van der Waals surface area (Å²) < 4.78 is 0. The molecule has 1 aromatic heterocycles. The Balaban J connectivity index is 2.01. The van der Waals surface area contributed by atoms with Gasteiger partial charge in [-0.2, -0.15) is 10.5 Å². The third-order valence-corrected chi connectivity index (χ3v) is 2.42. The summed E-state index contributed by atoms with van der Waals surface area (Å²) >= 11 is 0. The maximum Gasteiger partial charge on any atom is 0.216 e. The van der Waals surface area contributed by atoms with Crippen molar-refractivity contribution in [1.82, 2.24) is 20.6 Å². The van der Waals surface area contributed by atoms with E-state index in [1.54, 1.807) is 0 Å². The van der Waals surface area contributed by atoms with Gasteiger partial charge >= 0.3 is 0 Å². The number of tetrazole rings is 1. The fraction of sp³-hybridized carbons (Fsp3) is 0.167. The molecule has 0 saturated carbocycles. The number of nitriles is 1. The molecule has 1 aromatic carbocycles. The molecule has 4 N–H and O–H groups in total. The Morgan fingerprint density at radius 3 is 2.70 bits per heavy atom. The van der Waals surface area contributed by atoms with E-state index in [-0.39, 0.29) is 18.0 Å². The Bertz CT molecular complexity index is 598. The zero-order chi connectivity index (χ0) is 14.2. The number of allylic oxidation sites excluding steroid dienone is 1. The number of nitrogens with zero attached hydrogens (tertiary/aromatic N) is 4. The lowest BCUT2D eigenvalue weighted by Crippen LogP contribution is -2.05. The minimum Gasteiger partial charge on any atom is -0.395 e. The van der Waals surface area contributed by atoms with Gasteiger partial charge in [-0.3, -0.25) is 0 Å². The molecule has 0 saturated heterocycles. The molecule has 8 nitrogen and oxygen atoms in total. The van der Waals surface area contributed by atoms with Crippen LogP contribution in [0.2, 0.25) is 0 Å². The predicted octanol–water partition coefficient (Wildman–Crippen LogP) is 0.580. The Hall–Kier alpha value is -2.92. The number of nitrogens with one attached hydrogen (secondary N) is 3. The second kappa shape index (κ2) is 6.86. The maximum atomic E-state index is 9.00. The van der Waals surface area contributed by atoms with Gasteiger partial charge in [0.05, 0.1) is 6.61 Å². The van der Waals surface area contributed by atoms with Gasteiger partial charge in [0.25, 0.3) is 0 Å². The standard InChI is InChI=1S/C12H13N7O/c13-7-9(12-16-18-19-17-12)8-15-11-3-1-10(2-4-11)14-5-6-20/h1-4,8,14-15,20H,5-6H2,(H,16,17,18,19). The Kier molecular flexibility index (Phi) is 4.64. The molecule has 0 amide bonds. The monoisotopic (exact) mass is 271 g/mol. The van der Waals surface area contributed by atoms with Crippen LogP contribution >= 0.6 is 0 Å². The van der Waals surface area contributed by atoms with Crippen molar-refractivity contribution in [2.75, 3.05) is 23.8 Å². The summed E-state index contributed by atoms with van der Waals surface area (Å²) in [5.74, 6) is 0.237. The SMILES string of the molecule is N#CC(=CNc1ccc(NCCO)cc1)c1nn[nH]n1. The third kappa shape index (κ3) is 3.54.